The summed E-state index contributed by atoms with van der Waals surface area (Å²) in [6.45, 7) is 4.48. The number of hydrogen-bond donors (Lipinski definition) is 1. The summed E-state index contributed by atoms with van der Waals surface area (Å²) in [7, 11) is 0. The molecule has 3 nitrogen and oxygen atoms in total. The van der Waals surface area contributed by atoms with E-state index >= 15 is 0 Å². The molecule has 0 spiro atoms. The van der Waals surface area contributed by atoms with Crippen molar-refractivity contribution in [2.45, 2.75) is 83.1 Å². The third kappa shape index (κ3) is 4.34. The molecule has 4 aliphatic rings. The number of hydrogen-bond acceptors (Lipinski definition) is 3. The summed E-state index contributed by atoms with van der Waals surface area (Å²) >= 11 is 0. The summed E-state index contributed by atoms with van der Waals surface area (Å²) < 4.78 is 5.51. The van der Waals surface area contributed by atoms with Crippen LogP contribution in [-0.4, -0.2) is 37.4 Å². The Morgan fingerprint density at radius 2 is 1.50 bits per heavy atom. The first kappa shape index (κ1) is 17.3. The molecule has 0 aromatic rings. The molecule has 2 saturated heterocycles. The fourth-order valence-electron chi connectivity index (χ4n) is 6.05. The van der Waals surface area contributed by atoms with Crippen molar-refractivity contribution < 1.29 is 4.74 Å². The van der Waals surface area contributed by atoms with Crippen molar-refractivity contribution in [2.75, 3.05) is 26.3 Å². The van der Waals surface area contributed by atoms with E-state index < -0.39 is 0 Å². The molecule has 3 unspecified atom stereocenters. The number of nitrogens with zero attached hydrogens (tertiary/aromatic N) is 1. The highest BCUT2D eigenvalue weighted by Gasteiger charge is 2.36. The number of nitrogens with one attached hydrogen (secondary N) is 1. The van der Waals surface area contributed by atoms with E-state index in [4.69, 9.17) is 4.74 Å². The lowest BCUT2D eigenvalue weighted by Crippen LogP contribution is -2.43. The summed E-state index contributed by atoms with van der Waals surface area (Å²) in [6, 6.07) is 0.774. The monoisotopic (exact) mass is 334 g/mol. The molecule has 3 heteroatoms. The van der Waals surface area contributed by atoms with Crippen molar-refractivity contribution >= 4 is 0 Å². The van der Waals surface area contributed by atoms with E-state index in [2.05, 4.69) is 10.4 Å². The Morgan fingerprint density at radius 3 is 2.33 bits per heavy atom. The number of ether oxygens (including phenoxy) is 1. The number of rotatable bonds is 4. The first-order chi connectivity index (χ1) is 11.9. The zero-order valence-corrected chi connectivity index (χ0v) is 15.6. The van der Waals surface area contributed by atoms with Gasteiger partial charge >= 0.3 is 0 Å². The van der Waals surface area contributed by atoms with Crippen LogP contribution in [0.5, 0.6) is 0 Å². The zero-order valence-electron chi connectivity index (χ0n) is 15.6. The molecule has 24 heavy (non-hydrogen) atoms. The van der Waals surface area contributed by atoms with Crippen molar-refractivity contribution in [3.8, 4) is 0 Å². The topological polar surface area (TPSA) is 24.5 Å². The first-order valence-electron chi connectivity index (χ1n) is 11.0. The Balaban J connectivity index is 1.25. The van der Waals surface area contributed by atoms with Crippen LogP contribution in [0, 0.1) is 23.7 Å². The van der Waals surface area contributed by atoms with Gasteiger partial charge in [-0.05, 0) is 55.8 Å². The van der Waals surface area contributed by atoms with Gasteiger partial charge in [-0.2, -0.15) is 0 Å². The zero-order chi connectivity index (χ0) is 16.2. The largest absolute Gasteiger partial charge is 0.381 e. The molecule has 0 bridgehead atoms. The third-order valence-electron chi connectivity index (χ3n) is 7.52. The van der Waals surface area contributed by atoms with Gasteiger partial charge in [0, 0.05) is 32.3 Å². The van der Waals surface area contributed by atoms with E-state index in [0.29, 0.717) is 0 Å². The van der Waals surface area contributed by atoms with Gasteiger partial charge in [0.2, 0.25) is 0 Å². The standard InChI is InChI=1S/C21H38N2O/c1-2-5-18(6-3-1)19-7-4-8-20(15-19)21-9-12-23(22-21)16-17-10-13-24-14-11-17/h17-22H,1-16H2. The predicted molar refractivity (Wildman–Crippen MR) is 98.7 cm³/mol. The highest BCUT2D eigenvalue weighted by Crippen LogP contribution is 2.42. The molecule has 2 aliphatic heterocycles. The lowest BCUT2D eigenvalue weighted by Gasteiger charge is -2.38. The van der Waals surface area contributed by atoms with Gasteiger partial charge in [0.05, 0.1) is 0 Å². The van der Waals surface area contributed by atoms with Gasteiger partial charge in [0.25, 0.3) is 0 Å². The molecule has 1 N–H and O–H groups in total. The van der Waals surface area contributed by atoms with Crippen LogP contribution in [0.3, 0.4) is 0 Å². The van der Waals surface area contributed by atoms with Crippen molar-refractivity contribution in [1.29, 1.82) is 0 Å². The molecule has 0 aromatic carbocycles. The minimum Gasteiger partial charge on any atom is -0.381 e. The van der Waals surface area contributed by atoms with E-state index in [1.165, 1.54) is 90.1 Å². The van der Waals surface area contributed by atoms with Gasteiger partial charge in [-0.25, -0.2) is 5.01 Å². The van der Waals surface area contributed by atoms with Gasteiger partial charge in [0.15, 0.2) is 0 Å². The molecule has 0 radical (unpaired) electrons. The normalized spacial score (nSPS) is 37.8. The Bertz CT molecular complexity index is 376. The van der Waals surface area contributed by atoms with Gasteiger partial charge in [0.1, 0.15) is 0 Å². The SMILES string of the molecule is C1CCC(C2CCCC(C3CCN(CC4CCOCC4)N3)C2)CC1. The van der Waals surface area contributed by atoms with E-state index in [1.54, 1.807) is 0 Å². The second-order valence-corrected chi connectivity index (χ2v) is 9.11. The minimum atomic E-state index is 0.774. The lowest BCUT2D eigenvalue weighted by molar-refractivity contribution is 0.0463. The smallest absolute Gasteiger partial charge is 0.0469 e. The van der Waals surface area contributed by atoms with E-state index in [9.17, 15) is 0 Å². The highest BCUT2D eigenvalue weighted by atomic mass is 16.5. The first-order valence-corrected chi connectivity index (χ1v) is 11.0. The lowest BCUT2D eigenvalue weighted by atomic mass is 9.69. The predicted octanol–water partition coefficient (Wildman–Crippen LogP) is 4.38. The molecule has 3 atom stereocenters. The van der Waals surface area contributed by atoms with Crippen LogP contribution >= 0.6 is 0 Å². The molecule has 2 heterocycles. The van der Waals surface area contributed by atoms with Crippen LogP contribution in [0.1, 0.15) is 77.0 Å². The third-order valence-corrected chi connectivity index (χ3v) is 7.52. The molecule has 138 valence electrons. The molecule has 0 amide bonds. The van der Waals surface area contributed by atoms with Crippen LogP contribution in [0.25, 0.3) is 0 Å². The Labute approximate surface area is 148 Å². The summed E-state index contributed by atoms with van der Waals surface area (Å²) in [6.07, 6.45) is 17.5. The Hall–Kier alpha value is -0.120. The van der Waals surface area contributed by atoms with Crippen molar-refractivity contribution in [1.82, 2.24) is 10.4 Å². The maximum absolute atomic E-state index is 5.51. The molecule has 2 saturated carbocycles. The summed E-state index contributed by atoms with van der Waals surface area (Å²) in [5.41, 5.74) is 3.92. The molecule has 2 aliphatic carbocycles. The van der Waals surface area contributed by atoms with Crippen LogP contribution < -0.4 is 5.43 Å². The maximum atomic E-state index is 5.51. The quantitative estimate of drug-likeness (QED) is 0.826. The second kappa shape index (κ2) is 8.51. The second-order valence-electron chi connectivity index (χ2n) is 9.11. The fraction of sp³-hybridized carbons (Fsp3) is 1.00. The summed E-state index contributed by atoms with van der Waals surface area (Å²) in [4.78, 5) is 0. The average molecular weight is 335 g/mol. The van der Waals surface area contributed by atoms with Crippen LogP contribution in [0.4, 0.5) is 0 Å². The summed E-state index contributed by atoms with van der Waals surface area (Å²) in [5, 5.41) is 2.56. The average Bonchev–Trinajstić information content (AvgIpc) is 3.12. The highest BCUT2D eigenvalue weighted by molar-refractivity contribution is 4.88. The van der Waals surface area contributed by atoms with Crippen molar-refractivity contribution in [2.24, 2.45) is 23.7 Å². The van der Waals surface area contributed by atoms with Crippen LogP contribution in [0.2, 0.25) is 0 Å². The Kier molecular flexibility index (Phi) is 6.13. The summed E-state index contributed by atoms with van der Waals surface area (Å²) in [5.74, 6) is 3.92. The molecule has 4 rings (SSSR count). The van der Waals surface area contributed by atoms with Gasteiger partial charge in [-0.3, -0.25) is 5.43 Å². The van der Waals surface area contributed by atoms with Crippen LogP contribution in [-0.2, 0) is 4.74 Å². The van der Waals surface area contributed by atoms with Crippen molar-refractivity contribution in [3.05, 3.63) is 0 Å². The minimum absolute atomic E-state index is 0.774. The Morgan fingerprint density at radius 1 is 0.750 bits per heavy atom. The van der Waals surface area contributed by atoms with E-state index in [-0.39, 0.29) is 0 Å². The molecular weight excluding hydrogens is 296 g/mol. The van der Waals surface area contributed by atoms with E-state index in [1.807, 2.05) is 0 Å². The van der Waals surface area contributed by atoms with Gasteiger partial charge < -0.3 is 4.74 Å². The molecule has 0 aromatic heterocycles. The maximum Gasteiger partial charge on any atom is 0.0469 e. The van der Waals surface area contributed by atoms with Gasteiger partial charge in [-0.15, -0.1) is 0 Å². The van der Waals surface area contributed by atoms with Gasteiger partial charge in [-0.1, -0.05) is 44.9 Å². The van der Waals surface area contributed by atoms with Crippen molar-refractivity contribution in [3.63, 3.8) is 0 Å². The molecular formula is C21H38N2O. The van der Waals surface area contributed by atoms with E-state index in [0.717, 1.165) is 42.9 Å². The molecule has 4 fully saturated rings. The van der Waals surface area contributed by atoms with Crippen LogP contribution in [0.15, 0.2) is 0 Å². The fourth-order valence-corrected chi connectivity index (χ4v) is 6.05. The number of hydrazine groups is 1.